The molecular weight excluding hydrogens is 562 g/mol. The Balaban J connectivity index is 1.19. The van der Waals surface area contributed by atoms with Crippen LogP contribution in [-0.2, 0) is 25.9 Å². The zero-order valence-electron chi connectivity index (χ0n) is 21.7. The molecule has 14 heteroatoms. The lowest BCUT2D eigenvalue weighted by Crippen LogP contribution is -2.23. The number of carbonyl (C=O) groups is 2. The number of methoxy groups -OCH3 is 2. The van der Waals surface area contributed by atoms with Crippen LogP contribution in [0.25, 0.3) is 0 Å². The molecule has 10 nitrogen and oxygen atoms in total. The van der Waals surface area contributed by atoms with Gasteiger partial charge in [0.1, 0.15) is 33.1 Å². The lowest BCUT2D eigenvalue weighted by atomic mass is 10.2. The summed E-state index contributed by atoms with van der Waals surface area (Å²) in [5.41, 5.74) is 0.612. The SMILES string of the molecule is COc1ccc(F)c(CNC(=O)c2nnc(CCCCc3nnc(C(=O)NCc4cc(OC)ccc4F)s3)s2)c1. The Morgan fingerprint density at radius 1 is 0.725 bits per heavy atom. The summed E-state index contributed by atoms with van der Waals surface area (Å²) in [6.45, 7) is -0.00688. The van der Waals surface area contributed by atoms with Gasteiger partial charge in [0.05, 0.1) is 14.2 Å². The molecule has 0 aliphatic carbocycles. The van der Waals surface area contributed by atoms with Crippen molar-refractivity contribution >= 4 is 34.5 Å². The number of hydrogen-bond acceptors (Lipinski definition) is 10. The van der Waals surface area contributed by atoms with Crippen LogP contribution in [0, 0.1) is 11.6 Å². The van der Waals surface area contributed by atoms with Gasteiger partial charge in [0.25, 0.3) is 11.8 Å². The summed E-state index contributed by atoms with van der Waals surface area (Å²) in [5, 5.41) is 23.1. The highest BCUT2D eigenvalue weighted by Gasteiger charge is 2.16. The van der Waals surface area contributed by atoms with Crippen molar-refractivity contribution in [2.75, 3.05) is 14.2 Å². The Hall–Kier alpha value is -4.04. The van der Waals surface area contributed by atoms with Crippen LogP contribution in [0.3, 0.4) is 0 Å². The van der Waals surface area contributed by atoms with Gasteiger partial charge in [-0.05, 0) is 49.2 Å². The molecule has 0 saturated carbocycles. The van der Waals surface area contributed by atoms with Crippen LogP contribution in [0.4, 0.5) is 8.78 Å². The van der Waals surface area contributed by atoms with Gasteiger partial charge in [-0.25, -0.2) is 8.78 Å². The lowest BCUT2D eigenvalue weighted by molar-refractivity contribution is 0.0941. The Bertz CT molecular complexity index is 1370. The number of carbonyl (C=O) groups excluding carboxylic acids is 2. The van der Waals surface area contributed by atoms with E-state index in [1.807, 2.05) is 0 Å². The first-order valence-corrected chi connectivity index (χ1v) is 13.9. The van der Waals surface area contributed by atoms with Gasteiger partial charge >= 0.3 is 0 Å². The van der Waals surface area contributed by atoms with E-state index in [4.69, 9.17) is 9.47 Å². The molecule has 210 valence electrons. The van der Waals surface area contributed by atoms with Crippen molar-refractivity contribution in [2.45, 2.75) is 38.8 Å². The second kappa shape index (κ2) is 13.8. The second-order valence-corrected chi connectivity index (χ2v) is 10.6. The first-order valence-electron chi connectivity index (χ1n) is 12.2. The van der Waals surface area contributed by atoms with E-state index in [0.29, 0.717) is 45.5 Å². The summed E-state index contributed by atoms with van der Waals surface area (Å²) < 4.78 is 38.1. The molecule has 0 radical (unpaired) electrons. The van der Waals surface area contributed by atoms with Crippen molar-refractivity contribution in [1.29, 1.82) is 0 Å². The minimum absolute atomic E-state index is 0.00344. The average molecular weight is 589 g/mol. The highest BCUT2D eigenvalue weighted by Crippen LogP contribution is 2.19. The molecule has 0 atom stereocenters. The molecule has 0 spiro atoms. The van der Waals surface area contributed by atoms with Crippen LogP contribution in [0.1, 0.15) is 53.6 Å². The van der Waals surface area contributed by atoms with Gasteiger partial charge in [0, 0.05) is 37.1 Å². The Morgan fingerprint density at radius 3 is 1.55 bits per heavy atom. The zero-order chi connectivity index (χ0) is 28.5. The van der Waals surface area contributed by atoms with E-state index in [9.17, 15) is 18.4 Å². The fourth-order valence-electron chi connectivity index (χ4n) is 3.57. The van der Waals surface area contributed by atoms with Gasteiger partial charge < -0.3 is 20.1 Å². The summed E-state index contributed by atoms with van der Waals surface area (Å²) in [4.78, 5) is 24.8. The van der Waals surface area contributed by atoms with Crippen LogP contribution >= 0.6 is 22.7 Å². The number of unbranched alkanes of at least 4 members (excludes halogenated alkanes) is 1. The minimum Gasteiger partial charge on any atom is -0.497 e. The number of nitrogens with zero attached hydrogens (tertiary/aromatic N) is 4. The maximum Gasteiger partial charge on any atom is 0.282 e. The summed E-state index contributed by atoms with van der Waals surface area (Å²) in [6, 6.07) is 8.63. The molecule has 40 heavy (non-hydrogen) atoms. The van der Waals surface area contributed by atoms with Gasteiger partial charge in [-0.3, -0.25) is 9.59 Å². The van der Waals surface area contributed by atoms with Crippen LogP contribution in [-0.4, -0.2) is 46.4 Å². The fourth-order valence-corrected chi connectivity index (χ4v) is 5.17. The van der Waals surface area contributed by atoms with Gasteiger partial charge in [0.15, 0.2) is 0 Å². The molecule has 0 bridgehead atoms. The molecule has 0 unspecified atom stereocenters. The molecular formula is C26H26F2N6O4S2. The number of rotatable bonds is 13. The largest absolute Gasteiger partial charge is 0.497 e. The van der Waals surface area contributed by atoms with Gasteiger partial charge in [-0.15, -0.1) is 20.4 Å². The molecule has 0 saturated heterocycles. The molecule has 0 fully saturated rings. The zero-order valence-corrected chi connectivity index (χ0v) is 23.3. The molecule has 2 heterocycles. The molecule has 2 aromatic heterocycles. The smallest absolute Gasteiger partial charge is 0.282 e. The third kappa shape index (κ3) is 7.76. The fraction of sp³-hybridized carbons (Fsp3) is 0.308. The number of amides is 2. The third-order valence-electron chi connectivity index (χ3n) is 5.74. The Morgan fingerprint density at radius 2 is 1.15 bits per heavy atom. The van der Waals surface area contributed by atoms with E-state index in [1.165, 1.54) is 73.3 Å². The molecule has 4 rings (SSSR count). The van der Waals surface area contributed by atoms with E-state index < -0.39 is 23.4 Å². The number of hydrogen-bond donors (Lipinski definition) is 2. The van der Waals surface area contributed by atoms with Crippen molar-refractivity contribution in [1.82, 2.24) is 31.0 Å². The van der Waals surface area contributed by atoms with Crippen molar-refractivity contribution in [3.63, 3.8) is 0 Å². The van der Waals surface area contributed by atoms with E-state index in [2.05, 4.69) is 31.0 Å². The highest BCUT2D eigenvalue weighted by atomic mass is 32.1. The van der Waals surface area contributed by atoms with E-state index in [1.54, 1.807) is 0 Å². The standard InChI is InChI=1S/C26H26F2N6O4S2/c1-37-17-7-9-19(27)15(11-17)13-29-23(35)25-33-31-21(39-25)5-3-4-6-22-32-34-26(40-22)24(36)30-14-16-12-18(38-2)8-10-20(16)28/h7-12H,3-6,13-14H2,1-2H3,(H,29,35)(H,30,36). The predicted molar refractivity (Wildman–Crippen MR) is 145 cm³/mol. The summed E-state index contributed by atoms with van der Waals surface area (Å²) in [5.74, 6) is -0.743. The lowest BCUT2D eigenvalue weighted by Gasteiger charge is -2.07. The molecule has 0 aliphatic heterocycles. The molecule has 4 aromatic rings. The molecule has 2 amide bonds. The topological polar surface area (TPSA) is 128 Å². The number of aryl methyl sites for hydroxylation is 2. The van der Waals surface area contributed by atoms with E-state index in [0.717, 1.165) is 12.8 Å². The summed E-state index contributed by atoms with van der Waals surface area (Å²) >= 11 is 2.37. The molecule has 0 aliphatic rings. The quantitative estimate of drug-likeness (QED) is 0.223. The van der Waals surface area contributed by atoms with Crippen LogP contribution in [0.2, 0.25) is 0 Å². The van der Waals surface area contributed by atoms with Crippen molar-refractivity contribution < 1.29 is 27.8 Å². The van der Waals surface area contributed by atoms with Crippen molar-refractivity contribution in [3.05, 3.63) is 79.2 Å². The van der Waals surface area contributed by atoms with Crippen LogP contribution in [0.5, 0.6) is 11.5 Å². The first-order chi connectivity index (χ1) is 19.4. The normalized spacial score (nSPS) is 10.8. The van der Waals surface area contributed by atoms with Crippen molar-refractivity contribution in [2.24, 2.45) is 0 Å². The Kier molecular flexibility index (Phi) is 10.0. The first kappa shape index (κ1) is 29.0. The number of halogens is 2. The monoisotopic (exact) mass is 588 g/mol. The maximum absolute atomic E-state index is 14.0. The average Bonchev–Trinajstić information content (AvgIpc) is 3.64. The van der Waals surface area contributed by atoms with E-state index >= 15 is 0 Å². The van der Waals surface area contributed by atoms with Crippen LogP contribution < -0.4 is 20.1 Å². The number of ether oxygens (including phenoxy) is 2. The number of nitrogens with one attached hydrogen (secondary N) is 2. The summed E-state index contributed by atoms with van der Waals surface area (Å²) in [7, 11) is 2.97. The van der Waals surface area contributed by atoms with E-state index in [-0.39, 0.29) is 23.1 Å². The minimum atomic E-state index is -0.439. The second-order valence-electron chi connectivity index (χ2n) is 8.49. The number of benzene rings is 2. The van der Waals surface area contributed by atoms with Gasteiger partial charge in [-0.1, -0.05) is 22.7 Å². The predicted octanol–water partition coefficient (Wildman–Crippen LogP) is 4.11. The molecule has 2 N–H and O–H groups in total. The van der Waals surface area contributed by atoms with Gasteiger partial charge in [-0.2, -0.15) is 0 Å². The maximum atomic E-state index is 14.0. The highest BCUT2D eigenvalue weighted by molar-refractivity contribution is 7.13. The van der Waals surface area contributed by atoms with Crippen LogP contribution in [0.15, 0.2) is 36.4 Å². The summed E-state index contributed by atoms with van der Waals surface area (Å²) in [6.07, 6.45) is 2.77. The Labute approximate surface area is 236 Å². The van der Waals surface area contributed by atoms with Gasteiger partial charge in [0.2, 0.25) is 10.0 Å². The number of aromatic nitrogens is 4. The molecule has 2 aromatic carbocycles. The van der Waals surface area contributed by atoms with Crippen molar-refractivity contribution in [3.8, 4) is 11.5 Å². The third-order valence-corrected chi connectivity index (χ3v) is 7.70.